The number of H-pyrrole nitrogens is 1. The first kappa shape index (κ1) is 16.9. The van der Waals surface area contributed by atoms with Crippen LogP contribution in [0.4, 0.5) is 0 Å². The Morgan fingerprint density at radius 3 is 2.83 bits per heavy atom. The van der Waals surface area contributed by atoms with Crippen molar-refractivity contribution < 1.29 is 14.9 Å². The van der Waals surface area contributed by atoms with Crippen LogP contribution in [0, 0.1) is 5.92 Å². The number of rotatable bonds is 5. The van der Waals surface area contributed by atoms with E-state index in [0.29, 0.717) is 12.5 Å². The van der Waals surface area contributed by atoms with Gasteiger partial charge in [0.25, 0.3) is 0 Å². The topological polar surface area (TPSA) is 84.9 Å². The lowest BCUT2D eigenvalue weighted by Crippen LogP contribution is -2.56. The molecule has 0 amide bonds. The maximum absolute atomic E-state index is 10.1. The van der Waals surface area contributed by atoms with Crippen LogP contribution in [-0.4, -0.2) is 88.1 Å². The van der Waals surface area contributed by atoms with Gasteiger partial charge in [-0.2, -0.15) is 0 Å². The molecule has 23 heavy (non-hydrogen) atoms. The average Bonchev–Trinajstić information content (AvgIpc) is 3.05. The zero-order valence-corrected chi connectivity index (χ0v) is 13.8. The summed E-state index contributed by atoms with van der Waals surface area (Å²) in [5.74, 6) is 0.629. The van der Waals surface area contributed by atoms with Gasteiger partial charge in [0, 0.05) is 25.0 Å². The third-order valence-electron chi connectivity index (χ3n) is 5.13. The summed E-state index contributed by atoms with van der Waals surface area (Å²) >= 11 is 0. The van der Waals surface area contributed by atoms with Crippen molar-refractivity contribution in [2.24, 2.45) is 5.92 Å². The van der Waals surface area contributed by atoms with Crippen LogP contribution >= 0.6 is 0 Å². The number of nitrogens with zero attached hydrogens (tertiary/aromatic N) is 3. The highest BCUT2D eigenvalue weighted by atomic mass is 16.5. The minimum absolute atomic E-state index is 0.109. The quantitative estimate of drug-likeness (QED) is 0.688. The Morgan fingerprint density at radius 2 is 2.13 bits per heavy atom. The number of piperidine rings is 1. The van der Waals surface area contributed by atoms with E-state index in [2.05, 4.69) is 19.8 Å². The molecule has 0 bridgehead atoms. The second-order valence-electron chi connectivity index (χ2n) is 6.90. The van der Waals surface area contributed by atoms with Crippen molar-refractivity contribution in [3.05, 3.63) is 18.2 Å². The summed E-state index contributed by atoms with van der Waals surface area (Å²) in [5, 5.41) is 19.9. The summed E-state index contributed by atoms with van der Waals surface area (Å²) in [6, 6.07) is -0.109. The second-order valence-corrected chi connectivity index (χ2v) is 6.90. The van der Waals surface area contributed by atoms with Crippen molar-refractivity contribution >= 4 is 0 Å². The van der Waals surface area contributed by atoms with E-state index in [0.717, 1.165) is 44.7 Å². The van der Waals surface area contributed by atoms with Gasteiger partial charge >= 0.3 is 0 Å². The van der Waals surface area contributed by atoms with Crippen molar-refractivity contribution in [3.63, 3.8) is 0 Å². The molecule has 0 aromatic carbocycles. The molecule has 2 aliphatic heterocycles. The van der Waals surface area contributed by atoms with Crippen molar-refractivity contribution in [3.8, 4) is 0 Å². The summed E-state index contributed by atoms with van der Waals surface area (Å²) in [7, 11) is 2.02. The molecule has 3 heterocycles. The fourth-order valence-corrected chi connectivity index (χ4v) is 3.63. The van der Waals surface area contributed by atoms with Crippen LogP contribution in [0.5, 0.6) is 0 Å². The molecule has 2 aliphatic rings. The van der Waals surface area contributed by atoms with Crippen LogP contribution in [0.3, 0.4) is 0 Å². The summed E-state index contributed by atoms with van der Waals surface area (Å²) < 4.78 is 5.38. The molecular weight excluding hydrogens is 296 g/mol. The molecule has 1 aromatic heterocycles. The van der Waals surface area contributed by atoms with E-state index in [1.54, 1.807) is 6.33 Å². The Labute approximate surface area is 137 Å². The normalized spacial score (nSPS) is 30.9. The van der Waals surface area contributed by atoms with Gasteiger partial charge in [-0.15, -0.1) is 0 Å². The fourth-order valence-electron chi connectivity index (χ4n) is 3.63. The third kappa shape index (κ3) is 4.30. The van der Waals surface area contributed by atoms with Gasteiger partial charge in [0.15, 0.2) is 0 Å². The monoisotopic (exact) mass is 324 g/mol. The summed E-state index contributed by atoms with van der Waals surface area (Å²) in [5.41, 5.74) is 1.16. The molecule has 7 heteroatoms. The molecule has 2 saturated heterocycles. The molecule has 130 valence electrons. The first-order valence-corrected chi connectivity index (χ1v) is 8.47. The van der Waals surface area contributed by atoms with Gasteiger partial charge in [-0.05, 0) is 38.9 Å². The number of aliphatic hydroxyl groups excluding tert-OH is 2. The number of hydrogen-bond donors (Lipinski definition) is 3. The smallest absolute Gasteiger partial charge is 0.105 e. The molecule has 3 atom stereocenters. The van der Waals surface area contributed by atoms with E-state index >= 15 is 0 Å². The number of aliphatic hydroxyl groups is 2. The van der Waals surface area contributed by atoms with Crippen molar-refractivity contribution in [1.29, 1.82) is 0 Å². The molecule has 1 aromatic rings. The Balaban J connectivity index is 1.43. The molecule has 0 aliphatic carbocycles. The van der Waals surface area contributed by atoms with Crippen LogP contribution in [0.25, 0.3) is 0 Å². The van der Waals surface area contributed by atoms with Crippen molar-refractivity contribution in [2.45, 2.75) is 37.6 Å². The SMILES string of the molecule is CN(CC1CCN(Cc2cnc[nH]2)CC1)[C@@H]1COC[C@@H](O)[C@H]1O. The van der Waals surface area contributed by atoms with Crippen LogP contribution in [0.2, 0.25) is 0 Å². The Hall–Kier alpha value is -0.990. The van der Waals surface area contributed by atoms with Crippen molar-refractivity contribution in [2.75, 3.05) is 39.9 Å². The predicted octanol–water partition coefficient (Wildman–Crippen LogP) is -0.326. The maximum atomic E-state index is 10.1. The van der Waals surface area contributed by atoms with E-state index in [4.69, 9.17) is 4.74 Å². The van der Waals surface area contributed by atoms with Gasteiger partial charge in [-0.1, -0.05) is 0 Å². The van der Waals surface area contributed by atoms with Crippen LogP contribution in [-0.2, 0) is 11.3 Å². The summed E-state index contributed by atoms with van der Waals surface area (Å²) in [6.07, 6.45) is 4.44. The van der Waals surface area contributed by atoms with Gasteiger partial charge in [0.05, 0.1) is 31.7 Å². The van der Waals surface area contributed by atoms with Gasteiger partial charge in [-0.25, -0.2) is 4.98 Å². The van der Waals surface area contributed by atoms with Gasteiger partial charge < -0.3 is 19.9 Å². The van der Waals surface area contributed by atoms with Crippen LogP contribution in [0.15, 0.2) is 12.5 Å². The highest BCUT2D eigenvalue weighted by Gasteiger charge is 2.34. The summed E-state index contributed by atoms with van der Waals surface area (Å²) in [4.78, 5) is 11.8. The van der Waals surface area contributed by atoms with E-state index in [9.17, 15) is 10.2 Å². The molecule has 3 N–H and O–H groups in total. The molecule has 0 saturated carbocycles. The van der Waals surface area contributed by atoms with Crippen LogP contribution in [0.1, 0.15) is 18.5 Å². The lowest BCUT2D eigenvalue weighted by atomic mass is 9.94. The molecule has 3 rings (SSSR count). The average molecular weight is 324 g/mol. The maximum Gasteiger partial charge on any atom is 0.105 e. The molecular formula is C16H28N4O3. The largest absolute Gasteiger partial charge is 0.389 e. The van der Waals surface area contributed by atoms with Gasteiger partial charge in [0.1, 0.15) is 6.10 Å². The van der Waals surface area contributed by atoms with E-state index in [-0.39, 0.29) is 12.6 Å². The Bertz CT molecular complexity index is 462. The van der Waals surface area contributed by atoms with Crippen molar-refractivity contribution in [1.82, 2.24) is 19.8 Å². The number of nitrogens with one attached hydrogen (secondary N) is 1. The minimum atomic E-state index is -0.771. The molecule has 2 fully saturated rings. The second kappa shape index (κ2) is 7.72. The number of imidazole rings is 1. The zero-order valence-electron chi connectivity index (χ0n) is 13.8. The van der Waals surface area contributed by atoms with E-state index in [1.165, 1.54) is 0 Å². The number of hydrogen-bond acceptors (Lipinski definition) is 6. The fraction of sp³-hybridized carbons (Fsp3) is 0.812. The Kier molecular flexibility index (Phi) is 5.66. The predicted molar refractivity (Wildman–Crippen MR) is 85.8 cm³/mol. The Morgan fingerprint density at radius 1 is 1.35 bits per heavy atom. The van der Waals surface area contributed by atoms with Crippen LogP contribution < -0.4 is 0 Å². The lowest BCUT2D eigenvalue weighted by molar-refractivity contribution is -0.130. The first-order valence-electron chi connectivity index (χ1n) is 8.47. The molecule has 0 unspecified atom stereocenters. The highest BCUT2D eigenvalue weighted by molar-refractivity contribution is 4.94. The molecule has 7 nitrogen and oxygen atoms in total. The first-order chi connectivity index (χ1) is 11.1. The summed E-state index contributed by atoms with van der Waals surface area (Å²) in [6.45, 7) is 4.78. The minimum Gasteiger partial charge on any atom is -0.389 e. The number of aromatic amines is 1. The number of likely N-dealkylation sites (tertiary alicyclic amines) is 1. The number of ether oxygens (including phenoxy) is 1. The third-order valence-corrected chi connectivity index (χ3v) is 5.13. The molecule has 0 radical (unpaired) electrons. The standard InChI is InChI=1S/C16H28N4O3/c1-19(14-9-23-10-15(21)16(14)22)7-12-2-4-20(5-3-12)8-13-6-17-11-18-13/h6,11-12,14-16,21-22H,2-5,7-10H2,1H3,(H,17,18)/t14-,15-,16+/m1/s1. The van der Waals surface area contributed by atoms with Gasteiger partial charge in [0.2, 0.25) is 0 Å². The van der Waals surface area contributed by atoms with Gasteiger partial charge in [-0.3, -0.25) is 9.80 Å². The van der Waals surface area contributed by atoms with E-state index in [1.807, 2.05) is 13.2 Å². The molecule has 0 spiro atoms. The lowest BCUT2D eigenvalue weighted by Gasteiger charge is -2.40. The zero-order chi connectivity index (χ0) is 16.2. The number of likely N-dealkylation sites (N-methyl/N-ethyl adjacent to an activating group) is 1. The van der Waals surface area contributed by atoms with E-state index < -0.39 is 12.2 Å². The highest BCUT2D eigenvalue weighted by Crippen LogP contribution is 2.22. The number of aromatic nitrogens is 2.